The van der Waals surface area contributed by atoms with Crippen molar-refractivity contribution in [2.45, 2.75) is 39.5 Å². The van der Waals surface area contributed by atoms with Crippen LogP contribution in [0.5, 0.6) is 0 Å². The van der Waals surface area contributed by atoms with Gasteiger partial charge < -0.3 is 10.1 Å². The molecule has 4 nitrogen and oxygen atoms in total. The van der Waals surface area contributed by atoms with E-state index >= 15 is 0 Å². The minimum Gasteiger partial charge on any atom is -0.462 e. The molecule has 0 bridgehead atoms. The molecule has 1 N–H and O–H groups in total. The summed E-state index contributed by atoms with van der Waals surface area (Å²) >= 11 is 0. The number of hydrogen-bond donors (Lipinski definition) is 1. The van der Waals surface area contributed by atoms with Crippen molar-refractivity contribution in [2.24, 2.45) is 0 Å². The molecular formula is C21H25NO3. The van der Waals surface area contributed by atoms with Gasteiger partial charge in [0.15, 0.2) is 0 Å². The van der Waals surface area contributed by atoms with Crippen LogP contribution >= 0.6 is 0 Å². The maximum absolute atomic E-state index is 12.3. The molecule has 0 spiro atoms. The molecule has 0 aliphatic carbocycles. The van der Waals surface area contributed by atoms with Gasteiger partial charge in [0, 0.05) is 11.3 Å². The average Bonchev–Trinajstić information content (AvgIpc) is 2.62. The molecule has 2 aromatic carbocycles. The quantitative estimate of drug-likeness (QED) is 0.569. The molecule has 0 unspecified atom stereocenters. The van der Waals surface area contributed by atoms with Gasteiger partial charge in [0.1, 0.15) is 0 Å². The first kappa shape index (κ1) is 18.7. The van der Waals surface area contributed by atoms with Crippen molar-refractivity contribution in [3.63, 3.8) is 0 Å². The summed E-state index contributed by atoms with van der Waals surface area (Å²) in [5.41, 5.74) is 2.92. The van der Waals surface area contributed by atoms with Crippen molar-refractivity contribution in [2.75, 3.05) is 11.9 Å². The predicted molar refractivity (Wildman–Crippen MR) is 100 cm³/mol. The van der Waals surface area contributed by atoms with Crippen LogP contribution in [0.3, 0.4) is 0 Å². The molecule has 1 amide bonds. The monoisotopic (exact) mass is 339 g/mol. The van der Waals surface area contributed by atoms with Crippen molar-refractivity contribution in [1.29, 1.82) is 0 Å². The van der Waals surface area contributed by atoms with Gasteiger partial charge in [0.05, 0.1) is 12.2 Å². The molecule has 0 radical (unpaired) electrons. The Labute approximate surface area is 149 Å². The van der Waals surface area contributed by atoms with Gasteiger partial charge in [-0.2, -0.15) is 0 Å². The summed E-state index contributed by atoms with van der Waals surface area (Å²) in [6.07, 6.45) is 1.84. The van der Waals surface area contributed by atoms with Crippen LogP contribution in [0, 0.1) is 0 Å². The molecule has 0 fully saturated rings. The third kappa shape index (κ3) is 5.45. The maximum Gasteiger partial charge on any atom is 0.338 e. The second-order valence-electron chi connectivity index (χ2n) is 6.30. The molecule has 2 aromatic rings. The van der Waals surface area contributed by atoms with Crippen molar-refractivity contribution < 1.29 is 14.3 Å². The molecule has 0 saturated carbocycles. The van der Waals surface area contributed by atoms with E-state index in [1.807, 2.05) is 31.2 Å². The zero-order valence-electron chi connectivity index (χ0n) is 15.0. The second kappa shape index (κ2) is 9.02. The van der Waals surface area contributed by atoms with E-state index < -0.39 is 0 Å². The molecule has 4 heteroatoms. The Kier molecular flexibility index (Phi) is 6.75. The number of benzene rings is 2. The van der Waals surface area contributed by atoms with Gasteiger partial charge >= 0.3 is 5.97 Å². The summed E-state index contributed by atoms with van der Waals surface area (Å²) in [6, 6.07) is 14.3. The lowest BCUT2D eigenvalue weighted by atomic mass is 10.0. The molecule has 0 heterocycles. The van der Waals surface area contributed by atoms with Gasteiger partial charge in [-0.15, -0.1) is 0 Å². The molecule has 132 valence electrons. The normalized spacial score (nSPS) is 10.6. The number of anilines is 1. The molecule has 2 rings (SSSR count). The van der Waals surface area contributed by atoms with Crippen molar-refractivity contribution in [3.05, 3.63) is 65.2 Å². The highest BCUT2D eigenvalue weighted by molar-refractivity contribution is 6.04. The first-order valence-electron chi connectivity index (χ1n) is 8.69. The number of rotatable bonds is 7. The molecule has 0 aliphatic rings. The van der Waals surface area contributed by atoms with Gasteiger partial charge in [-0.3, -0.25) is 4.79 Å². The summed E-state index contributed by atoms with van der Waals surface area (Å²) in [5.74, 6) is -0.0779. The number of nitrogens with one attached hydrogen (secondary N) is 1. The van der Waals surface area contributed by atoms with E-state index in [-0.39, 0.29) is 11.9 Å². The standard InChI is InChI=1S/C21H25NO3/c1-4-5-14-25-21(24)18-10-12-19(13-11-18)22-20(23)17-8-6-16(7-9-17)15(2)3/h6-13,15H,4-5,14H2,1-3H3,(H,22,23). The van der Waals surface area contributed by atoms with Crippen molar-refractivity contribution in [1.82, 2.24) is 0 Å². The number of hydrogen-bond acceptors (Lipinski definition) is 3. The van der Waals surface area contributed by atoms with E-state index in [0.29, 0.717) is 29.3 Å². The number of carbonyl (C=O) groups is 2. The second-order valence-corrected chi connectivity index (χ2v) is 6.30. The van der Waals surface area contributed by atoms with E-state index in [2.05, 4.69) is 19.2 Å². The van der Waals surface area contributed by atoms with Crippen LogP contribution < -0.4 is 5.32 Å². The fourth-order valence-electron chi connectivity index (χ4n) is 2.30. The highest BCUT2D eigenvalue weighted by Crippen LogP contribution is 2.16. The molecule has 0 aromatic heterocycles. The Balaban J connectivity index is 1.96. The third-order valence-corrected chi connectivity index (χ3v) is 3.95. The highest BCUT2D eigenvalue weighted by atomic mass is 16.5. The van der Waals surface area contributed by atoms with Crippen LogP contribution in [-0.2, 0) is 4.74 Å². The topological polar surface area (TPSA) is 55.4 Å². The summed E-state index contributed by atoms with van der Waals surface area (Å²) in [4.78, 5) is 24.1. The Morgan fingerprint density at radius 1 is 0.960 bits per heavy atom. The van der Waals surface area contributed by atoms with Gasteiger partial charge in [-0.05, 0) is 54.3 Å². The fraction of sp³-hybridized carbons (Fsp3) is 0.333. The molecular weight excluding hydrogens is 314 g/mol. The molecule has 0 saturated heterocycles. The minimum atomic E-state index is -0.337. The SMILES string of the molecule is CCCCOC(=O)c1ccc(NC(=O)c2ccc(C(C)C)cc2)cc1. The van der Waals surface area contributed by atoms with E-state index in [1.165, 1.54) is 5.56 Å². The lowest BCUT2D eigenvalue weighted by molar-refractivity contribution is 0.0499. The van der Waals surface area contributed by atoms with Crippen LogP contribution in [-0.4, -0.2) is 18.5 Å². The predicted octanol–water partition coefficient (Wildman–Crippen LogP) is 5.02. The van der Waals surface area contributed by atoms with E-state index in [0.717, 1.165) is 12.8 Å². The Hall–Kier alpha value is -2.62. The van der Waals surface area contributed by atoms with E-state index in [1.54, 1.807) is 24.3 Å². The number of carbonyl (C=O) groups excluding carboxylic acids is 2. The van der Waals surface area contributed by atoms with E-state index in [9.17, 15) is 9.59 Å². The lowest BCUT2D eigenvalue weighted by Gasteiger charge is -2.09. The highest BCUT2D eigenvalue weighted by Gasteiger charge is 2.09. The van der Waals surface area contributed by atoms with Gasteiger partial charge in [0.2, 0.25) is 0 Å². The largest absolute Gasteiger partial charge is 0.462 e. The van der Waals surface area contributed by atoms with Crippen LogP contribution in [0.1, 0.15) is 65.8 Å². The van der Waals surface area contributed by atoms with Gasteiger partial charge in [-0.1, -0.05) is 39.3 Å². The fourth-order valence-corrected chi connectivity index (χ4v) is 2.30. The van der Waals surface area contributed by atoms with Gasteiger partial charge in [-0.25, -0.2) is 4.79 Å². The summed E-state index contributed by atoms with van der Waals surface area (Å²) < 4.78 is 5.16. The summed E-state index contributed by atoms with van der Waals surface area (Å²) in [6.45, 7) is 6.70. The van der Waals surface area contributed by atoms with E-state index in [4.69, 9.17) is 4.74 Å². The van der Waals surface area contributed by atoms with Crippen LogP contribution in [0.4, 0.5) is 5.69 Å². The molecule has 0 aliphatic heterocycles. The lowest BCUT2D eigenvalue weighted by Crippen LogP contribution is -2.12. The smallest absolute Gasteiger partial charge is 0.338 e. The summed E-state index contributed by atoms with van der Waals surface area (Å²) in [7, 11) is 0. The molecule has 25 heavy (non-hydrogen) atoms. The third-order valence-electron chi connectivity index (χ3n) is 3.95. The van der Waals surface area contributed by atoms with Crippen LogP contribution in [0.2, 0.25) is 0 Å². The number of ether oxygens (including phenoxy) is 1. The Morgan fingerprint density at radius 2 is 1.56 bits per heavy atom. The number of unbranched alkanes of at least 4 members (excludes halogenated alkanes) is 1. The Morgan fingerprint density at radius 3 is 2.12 bits per heavy atom. The van der Waals surface area contributed by atoms with Crippen LogP contribution in [0.25, 0.3) is 0 Å². The first-order valence-corrected chi connectivity index (χ1v) is 8.69. The summed E-state index contributed by atoms with van der Waals surface area (Å²) in [5, 5.41) is 2.83. The Bertz CT molecular complexity index is 703. The van der Waals surface area contributed by atoms with Gasteiger partial charge in [0.25, 0.3) is 5.91 Å². The van der Waals surface area contributed by atoms with Crippen molar-refractivity contribution in [3.8, 4) is 0 Å². The van der Waals surface area contributed by atoms with Crippen LogP contribution in [0.15, 0.2) is 48.5 Å². The number of esters is 1. The average molecular weight is 339 g/mol. The van der Waals surface area contributed by atoms with Crippen molar-refractivity contribution >= 4 is 17.6 Å². The minimum absolute atomic E-state index is 0.173. The first-order chi connectivity index (χ1) is 12.0. The zero-order chi connectivity index (χ0) is 18.2. The molecule has 0 atom stereocenters. The number of amides is 1. The zero-order valence-corrected chi connectivity index (χ0v) is 15.0. The maximum atomic E-state index is 12.3.